The maximum absolute atomic E-state index is 10.8. The van der Waals surface area contributed by atoms with Gasteiger partial charge in [0.1, 0.15) is 0 Å². The van der Waals surface area contributed by atoms with Crippen molar-refractivity contribution in [3.63, 3.8) is 0 Å². The zero-order valence-corrected chi connectivity index (χ0v) is 7.81. The van der Waals surface area contributed by atoms with Gasteiger partial charge in [-0.2, -0.15) is 8.42 Å². The molecule has 0 spiro atoms. The molecule has 0 bridgehead atoms. The van der Waals surface area contributed by atoms with E-state index in [0.29, 0.717) is 0 Å². The van der Waals surface area contributed by atoms with Gasteiger partial charge in [-0.25, -0.2) is 4.18 Å². The topological polar surface area (TPSA) is 93.1 Å². The molecule has 74 valence electrons. The molecule has 0 aromatic carbocycles. The van der Waals surface area contributed by atoms with E-state index in [1.807, 2.05) is 0 Å². The number of rotatable bonds is 0. The van der Waals surface area contributed by atoms with Gasteiger partial charge in [-0.3, -0.25) is 4.18 Å². The van der Waals surface area contributed by atoms with E-state index in [0.717, 1.165) is 0 Å². The molecular weight excluding hydrogens is 208 g/mol. The van der Waals surface area contributed by atoms with Crippen LogP contribution >= 0.6 is 10.9 Å². The van der Waals surface area contributed by atoms with Crippen LogP contribution < -0.4 is 0 Å². The van der Waals surface area contributed by atoms with E-state index in [4.69, 9.17) is 9.11 Å². The lowest BCUT2D eigenvalue weighted by Gasteiger charge is -2.27. The molecule has 1 saturated heterocycles. The summed E-state index contributed by atoms with van der Waals surface area (Å²) in [5, 5.41) is 0. The summed E-state index contributed by atoms with van der Waals surface area (Å²) >= 11 is 0. The molecule has 0 aliphatic carbocycles. The third-order valence-corrected chi connectivity index (χ3v) is 3.81. The fourth-order valence-electron chi connectivity index (χ4n) is 0.712. The first-order valence-electron chi connectivity index (χ1n) is 3.19. The standard InChI is InChI=1S/C4H10O6S2/c5-11(6)2-1-3-12(7,8)10-4-9-11/h5-6H,1-4H2. The molecule has 1 aliphatic rings. The molecule has 1 heterocycles. The fraction of sp³-hybridized carbons (Fsp3) is 1.00. The zero-order chi connectivity index (χ0) is 9.24. The highest BCUT2D eigenvalue weighted by Gasteiger charge is 2.24. The molecule has 2 N–H and O–H groups in total. The van der Waals surface area contributed by atoms with Crippen molar-refractivity contribution in [1.29, 1.82) is 0 Å². The average Bonchev–Trinajstić information content (AvgIpc) is 1.82. The van der Waals surface area contributed by atoms with Crippen LogP contribution in [0.2, 0.25) is 0 Å². The molecule has 1 aliphatic heterocycles. The van der Waals surface area contributed by atoms with Crippen molar-refractivity contribution in [1.82, 2.24) is 0 Å². The Morgan fingerprint density at radius 1 is 1.08 bits per heavy atom. The Bertz CT molecular complexity index is 226. The Kier molecular flexibility index (Phi) is 2.97. The minimum atomic E-state index is -3.53. The van der Waals surface area contributed by atoms with E-state index < -0.39 is 27.8 Å². The predicted molar refractivity (Wildman–Crippen MR) is 43.2 cm³/mol. The molecule has 0 aromatic heterocycles. The van der Waals surface area contributed by atoms with E-state index >= 15 is 0 Å². The Labute approximate surface area is 72.2 Å². The molecule has 0 saturated carbocycles. The first-order chi connectivity index (χ1) is 5.41. The molecule has 1 fully saturated rings. The van der Waals surface area contributed by atoms with Crippen LogP contribution in [0.3, 0.4) is 0 Å². The highest BCUT2D eigenvalue weighted by Crippen LogP contribution is 2.41. The minimum Gasteiger partial charge on any atom is -0.308 e. The SMILES string of the molecule is O=S1(=O)CCCS(O)(O)OCO1. The Morgan fingerprint density at radius 3 is 2.42 bits per heavy atom. The summed E-state index contributed by atoms with van der Waals surface area (Å²) in [6.07, 6.45) is 0.130. The Morgan fingerprint density at radius 2 is 1.75 bits per heavy atom. The van der Waals surface area contributed by atoms with Gasteiger partial charge in [0.15, 0.2) is 6.79 Å². The molecule has 1 rings (SSSR count). The average molecular weight is 218 g/mol. The van der Waals surface area contributed by atoms with Gasteiger partial charge in [0.25, 0.3) is 10.1 Å². The molecule has 0 unspecified atom stereocenters. The highest BCUT2D eigenvalue weighted by molar-refractivity contribution is 8.20. The van der Waals surface area contributed by atoms with Gasteiger partial charge in [-0.15, -0.1) is 0 Å². The van der Waals surface area contributed by atoms with Crippen molar-refractivity contribution in [3.8, 4) is 0 Å². The van der Waals surface area contributed by atoms with Crippen LogP contribution in [0.5, 0.6) is 0 Å². The van der Waals surface area contributed by atoms with Gasteiger partial charge in [-0.05, 0) is 6.42 Å². The van der Waals surface area contributed by atoms with Crippen molar-refractivity contribution >= 4 is 21.0 Å². The zero-order valence-electron chi connectivity index (χ0n) is 6.17. The second kappa shape index (κ2) is 3.48. The molecule has 6 nitrogen and oxygen atoms in total. The maximum Gasteiger partial charge on any atom is 0.269 e. The summed E-state index contributed by atoms with van der Waals surface area (Å²) in [5.41, 5.74) is 0. The third kappa shape index (κ3) is 3.25. The molecule has 0 atom stereocenters. The molecule has 8 heteroatoms. The van der Waals surface area contributed by atoms with Gasteiger partial charge >= 0.3 is 0 Å². The van der Waals surface area contributed by atoms with E-state index in [1.54, 1.807) is 0 Å². The van der Waals surface area contributed by atoms with Crippen LogP contribution in [0.4, 0.5) is 0 Å². The van der Waals surface area contributed by atoms with Crippen molar-refractivity contribution < 1.29 is 25.9 Å². The first kappa shape index (κ1) is 10.2. The van der Waals surface area contributed by atoms with Crippen molar-refractivity contribution in [2.24, 2.45) is 0 Å². The summed E-state index contributed by atoms with van der Waals surface area (Å²) in [5.74, 6) is -0.262. The van der Waals surface area contributed by atoms with Crippen LogP contribution in [-0.2, 0) is 18.5 Å². The predicted octanol–water partition coefficient (Wildman–Crippen LogP) is 0.376. The summed E-state index contributed by atoms with van der Waals surface area (Å²) < 4.78 is 48.2. The van der Waals surface area contributed by atoms with E-state index in [2.05, 4.69) is 8.37 Å². The largest absolute Gasteiger partial charge is 0.308 e. The normalized spacial score (nSPS) is 31.5. The lowest BCUT2D eigenvalue weighted by molar-refractivity contribution is 0.112. The van der Waals surface area contributed by atoms with Crippen LogP contribution in [0.15, 0.2) is 0 Å². The summed E-state index contributed by atoms with van der Waals surface area (Å²) in [6.45, 7) is -0.620. The lowest BCUT2D eigenvalue weighted by atomic mass is 10.6. The van der Waals surface area contributed by atoms with Crippen molar-refractivity contribution in [2.45, 2.75) is 6.42 Å². The van der Waals surface area contributed by atoms with Crippen LogP contribution in [0.1, 0.15) is 6.42 Å². The molecule has 0 aromatic rings. The van der Waals surface area contributed by atoms with Crippen LogP contribution in [0, 0.1) is 0 Å². The Balaban J connectivity index is 2.57. The number of hydrogen-bond acceptors (Lipinski definition) is 6. The molecular formula is C4H10O6S2. The molecule has 12 heavy (non-hydrogen) atoms. The molecule has 0 amide bonds. The minimum absolute atomic E-state index is 0.0599. The second-order valence-corrected chi connectivity index (χ2v) is 5.90. The second-order valence-electron chi connectivity index (χ2n) is 2.28. The Hall–Kier alpha value is 0.140. The fourth-order valence-corrected chi connectivity index (χ4v) is 2.61. The van der Waals surface area contributed by atoms with Crippen molar-refractivity contribution in [2.75, 3.05) is 18.3 Å². The lowest BCUT2D eigenvalue weighted by Crippen LogP contribution is -2.21. The first-order valence-corrected chi connectivity index (χ1v) is 6.40. The van der Waals surface area contributed by atoms with Gasteiger partial charge < -0.3 is 9.11 Å². The van der Waals surface area contributed by atoms with Gasteiger partial charge in [-0.1, -0.05) is 0 Å². The van der Waals surface area contributed by atoms with Crippen LogP contribution in [0.25, 0.3) is 0 Å². The quantitative estimate of drug-likeness (QED) is 0.571. The van der Waals surface area contributed by atoms with Crippen molar-refractivity contribution in [3.05, 3.63) is 0 Å². The smallest absolute Gasteiger partial charge is 0.269 e. The summed E-state index contributed by atoms with van der Waals surface area (Å²) in [7, 11) is -6.61. The third-order valence-electron chi connectivity index (χ3n) is 1.27. The van der Waals surface area contributed by atoms with E-state index in [1.165, 1.54) is 0 Å². The van der Waals surface area contributed by atoms with E-state index in [-0.39, 0.29) is 17.9 Å². The number of hydrogen-bond donors (Lipinski definition) is 2. The maximum atomic E-state index is 10.8. The summed E-state index contributed by atoms with van der Waals surface area (Å²) in [6, 6.07) is 0. The van der Waals surface area contributed by atoms with Gasteiger partial charge in [0.2, 0.25) is 0 Å². The highest BCUT2D eigenvalue weighted by atomic mass is 32.3. The monoisotopic (exact) mass is 218 g/mol. The van der Waals surface area contributed by atoms with Gasteiger partial charge in [0, 0.05) is 5.75 Å². The van der Waals surface area contributed by atoms with Gasteiger partial charge in [0.05, 0.1) is 16.6 Å². The molecule has 0 radical (unpaired) electrons. The van der Waals surface area contributed by atoms with E-state index in [9.17, 15) is 8.42 Å². The van der Waals surface area contributed by atoms with Crippen LogP contribution in [-0.4, -0.2) is 35.8 Å². The summed E-state index contributed by atoms with van der Waals surface area (Å²) in [4.78, 5) is 0.